The zero-order chi connectivity index (χ0) is 34.4. The van der Waals surface area contributed by atoms with E-state index in [2.05, 4.69) is 30.3 Å². The van der Waals surface area contributed by atoms with Gasteiger partial charge >= 0.3 is 6.18 Å². The topological polar surface area (TPSA) is 80.7 Å². The second-order valence-corrected chi connectivity index (χ2v) is 18.5. The van der Waals surface area contributed by atoms with Crippen molar-refractivity contribution < 1.29 is 27.4 Å². The number of carbonyl (C=O) groups is 1. The number of fused-ring (bicyclic) bond motifs is 1. The lowest BCUT2D eigenvalue weighted by Gasteiger charge is -2.21. The van der Waals surface area contributed by atoms with Crippen LogP contribution in [-0.2, 0) is 30.7 Å². The fourth-order valence-electron chi connectivity index (χ4n) is 5.26. The molecule has 2 aromatic carbocycles. The van der Waals surface area contributed by atoms with E-state index in [9.17, 15) is 18.0 Å². The van der Waals surface area contributed by atoms with E-state index >= 15 is 0 Å². The minimum absolute atomic E-state index is 0.0618. The maximum Gasteiger partial charge on any atom is 0.416 e. The third-order valence-corrected chi connectivity index (χ3v) is 9.88. The van der Waals surface area contributed by atoms with Gasteiger partial charge in [-0.05, 0) is 67.5 Å². The van der Waals surface area contributed by atoms with Gasteiger partial charge in [0.25, 0.3) is 5.91 Å². The van der Waals surface area contributed by atoms with Crippen molar-refractivity contribution in [2.24, 2.45) is 0 Å². The summed E-state index contributed by atoms with van der Waals surface area (Å²) < 4.78 is 55.6. The first-order valence-electron chi connectivity index (χ1n) is 15.9. The number of nitrogens with zero attached hydrogens (tertiary/aromatic N) is 3. The van der Waals surface area contributed by atoms with Crippen molar-refractivity contribution in [1.82, 2.24) is 14.5 Å². The number of aryl methyl sites for hydroxylation is 1. The molecule has 0 fully saturated rings. The van der Waals surface area contributed by atoms with Crippen LogP contribution in [0.5, 0.6) is 5.75 Å². The third kappa shape index (κ3) is 9.36. The second-order valence-electron chi connectivity index (χ2n) is 12.9. The number of methoxy groups -OCH3 is 1. The molecule has 0 aliphatic heterocycles. The number of carbonyl (C=O) groups excluding carboxylic acids is 1. The Morgan fingerprint density at radius 1 is 1.04 bits per heavy atom. The highest BCUT2D eigenvalue weighted by Gasteiger charge is 2.34. The van der Waals surface area contributed by atoms with Gasteiger partial charge in [-0.1, -0.05) is 45.6 Å². The predicted octanol–water partition coefficient (Wildman–Crippen LogP) is 8.39. The molecular weight excluding hydrogens is 623 g/mol. The molecule has 8 nitrogen and oxygen atoms in total. The van der Waals surface area contributed by atoms with E-state index in [0.29, 0.717) is 44.4 Å². The van der Waals surface area contributed by atoms with Crippen LogP contribution < -0.4 is 15.4 Å². The molecule has 254 valence electrons. The molecule has 0 aliphatic carbocycles. The molecule has 1 amide bonds. The lowest BCUT2D eigenvalue weighted by Crippen LogP contribution is -2.24. The summed E-state index contributed by atoms with van der Waals surface area (Å²) >= 11 is 0. The number of anilines is 2. The molecule has 12 heteroatoms. The summed E-state index contributed by atoms with van der Waals surface area (Å²) in [6, 6.07) is 12.2. The quantitative estimate of drug-likeness (QED) is 0.0978. The van der Waals surface area contributed by atoms with Crippen LogP contribution in [-0.4, -0.2) is 55.2 Å². The van der Waals surface area contributed by atoms with Crippen LogP contribution in [0.25, 0.3) is 11.0 Å². The van der Waals surface area contributed by atoms with Gasteiger partial charge in [-0.2, -0.15) is 13.2 Å². The summed E-state index contributed by atoms with van der Waals surface area (Å²) in [5, 5.41) is 7.03. The first-order chi connectivity index (χ1) is 22.2. The van der Waals surface area contributed by atoms with Crippen LogP contribution in [0.3, 0.4) is 0 Å². The highest BCUT2D eigenvalue weighted by atomic mass is 28.3. The molecule has 2 N–H and O–H groups in total. The molecule has 4 aromatic rings. The molecule has 0 aliphatic rings. The van der Waals surface area contributed by atoms with Gasteiger partial charge in [0.15, 0.2) is 0 Å². The maximum atomic E-state index is 14.0. The number of halogens is 3. The summed E-state index contributed by atoms with van der Waals surface area (Å²) in [5.74, 6) is 0.0837. The maximum absolute atomic E-state index is 14.0. The lowest BCUT2D eigenvalue weighted by molar-refractivity contribution is -0.138. The number of pyridine rings is 1. The number of hydrogen-bond acceptors (Lipinski definition) is 6. The van der Waals surface area contributed by atoms with E-state index in [1.165, 1.54) is 12.1 Å². The molecule has 0 radical (unpaired) electrons. The summed E-state index contributed by atoms with van der Waals surface area (Å²) in [4.78, 5) is 19.7. The third-order valence-electron chi connectivity index (χ3n) is 8.17. The summed E-state index contributed by atoms with van der Waals surface area (Å²) in [5.41, 5.74) is 3.04. The number of aromatic nitrogens is 2. The van der Waals surface area contributed by atoms with Crippen molar-refractivity contribution in [2.75, 3.05) is 37.4 Å². The van der Waals surface area contributed by atoms with Crippen molar-refractivity contribution in [3.63, 3.8) is 0 Å². The number of benzene rings is 2. The number of amides is 1. The average Bonchev–Trinajstić information content (AvgIpc) is 3.43. The van der Waals surface area contributed by atoms with Crippen molar-refractivity contribution in [1.29, 1.82) is 0 Å². The van der Waals surface area contributed by atoms with Crippen molar-refractivity contribution >= 4 is 36.4 Å². The number of hydrogen-bond donors (Lipinski definition) is 2. The van der Waals surface area contributed by atoms with Crippen LogP contribution in [0.4, 0.5) is 24.5 Å². The number of ether oxygens (including phenoxy) is 2. The number of nitrogens with one attached hydrogen (secondary N) is 2. The monoisotopic (exact) mass is 669 g/mol. The summed E-state index contributed by atoms with van der Waals surface area (Å²) in [6.45, 7) is 15.6. The molecule has 0 unspecified atom stereocenters. The standard InChI is InChI=1S/C35H46F3N5O3Si/c1-8-42(9-2)22-26-12-11-25(18-30(26)35(36,37)38)34(44)41-28-13-10-24(3)31(19-28)39-20-27-21-40-33-29(32(27)45-4)14-15-43(33)23-46-16-17-47(5,6)7/h10-15,18-19,21,39H,8-9,16-17,20,22-23H2,1-7H3,(H,41,44). The predicted molar refractivity (Wildman–Crippen MR) is 185 cm³/mol. The Morgan fingerprint density at radius 3 is 2.45 bits per heavy atom. The molecular formula is C35H46F3N5O3Si. The Kier molecular flexibility index (Phi) is 11.7. The minimum atomic E-state index is -4.58. The van der Waals surface area contributed by atoms with E-state index in [-0.39, 0.29) is 17.7 Å². The lowest BCUT2D eigenvalue weighted by atomic mass is 10.0. The van der Waals surface area contributed by atoms with E-state index in [4.69, 9.17) is 14.5 Å². The fourth-order valence-corrected chi connectivity index (χ4v) is 6.02. The highest BCUT2D eigenvalue weighted by molar-refractivity contribution is 6.76. The fraction of sp³-hybridized carbons (Fsp3) is 0.429. The Hall–Kier alpha value is -3.87. The second kappa shape index (κ2) is 15.4. The first kappa shape index (κ1) is 36.0. The van der Waals surface area contributed by atoms with Gasteiger partial charge in [0.05, 0.1) is 18.1 Å². The van der Waals surface area contributed by atoms with Crippen LogP contribution in [0.1, 0.15) is 46.5 Å². The normalized spacial score (nSPS) is 12.1. The number of alkyl halides is 3. The molecule has 47 heavy (non-hydrogen) atoms. The van der Waals surface area contributed by atoms with Crippen LogP contribution >= 0.6 is 0 Å². The first-order valence-corrected chi connectivity index (χ1v) is 19.6. The van der Waals surface area contributed by atoms with Gasteiger partial charge < -0.3 is 24.7 Å². The summed E-state index contributed by atoms with van der Waals surface area (Å²) in [6.07, 6.45) is -0.864. The van der Waals surface area contributed by atoms with Gasteiger partial charge in [0.1, 0.15) is 18.1 Å². The Morgan fingerprint density at radius 2 is 1.79 bits per heavy atom. The molecule has 0 saturated heterocycles. The largest absolute Gasteiger partial charge is 0.496 e. The van der Waals surface area contributed by atoms with Crippen molar-refractivity contribution in [3.05, 3.63) is 82.7 Å². The smallest absolute Gasteiger partial charge is 0.416 e. The van der Waals surface area contributed by atoms with Crippen molar-refractivity contribution in [2.45, 2.75) is 72.5 Å². The highest BCUT2D eigenvalue weighted by Crippen LogP contribution is 2.34. The van der Waals surface area contributed by atoms with Gasteiger partial charge in [-0.15, -0.1) is 0 Å². The molecule has 0 saturated carbocycles. The van der Waals surface area contributed by atoms with Gasteiger partial charge in [-0.25, -0.2) is 4.98 Å². The van der Waals surface area contributed by atoms with Crippen molar-refractivity contribution in [3.8, 4) is 5.75 Å². The van der Waals surface area contributed by atoms with E-state index in [0.717, 1.165) is 40.0 Å². The number of rotatable bonds is 15. The molecule has 0 bridgehead atoms. The Balaban J connectivity index is 1.47. The van der Waals surface area contributed by atoms with E-state index in [1.54, 1.807) is 25.4 Å². The molecule has 2 aromatic heterocycles. The molecule has 2 heterocycles. The summed E-state index contributed by atoms with van der Waals surface area (Å²) in [7, 11) is 0.449. The SMILES string of the molecule is CCN(CC)Cc1ccc(C(=O)Nc2ccc(C)c(NCc3cnc4c(ccn4COCC[Si](C)(C)C)c3OC)c2)cc1C(F)(F)F. The molecule has 4 rings (SSSR count). The van der Waals surface area contributed by atoms with Crippen LogP contribution in [0.15, 0.2) is 54.9 Å². The van der Waals surface area contributed by atoms with Gasteiger partial charge in [0, 0.05) is 62.7 Å². The Bertz CT molecular complexity index is 1680. The van der Waals surface area contributed by atoms with Gasteiger partial charge in [0.2, 0.25) is 0 Å². The zero-order valence-corrected chi connectivity index (χ0v) is 29.3. The van der Waals surface area contributed by atoms with E-state index in [1.807, 2.05) is 48.6 Å². The molecule has 0 atom stereocenters. The van der Waals surface area contributed by atoms with Gasteiger partial charge in [-0.3, -0.25) is 9.69 Å². The molecule has 0 spiro atoms. The average molecular weight is 670 g/mol. The Labute approximate surface area is 276 Å². The minimum Gasteiger partial charge on any atom is -0.496 e. The van der Waals surface area contributed by atoms with Crippen LogP contribution in [0.2, 0.25) is 25.7 Å². The zero-order valence-electron chi connectivity index (χ0n) is 28.3. The van der Waals surface area contributed by atoms with Crippen LogP contribution in [0, 0.1) is 6.92 Å². The van der Waals surface area contributed by atoms with E-state index < -0.39 is 25.7 Å².